The van der Waals surface area contributed by atoms with Crippen molar-refractivity contribution in [2.24, 2.45) is 11.3 Å². The van der Waals surface area contributed by atoms with Crippen LogP contribution in [-0.4, -0.2) is 54.5 Å². The average molecular weight is 363 g/mol. The zero-order valence-corrected chi connectivity index (χ0v) is 16.4. The maximum Gasteiger partial charge on any atom is 0.115 e. The van der Waals surface area contributed by atoms with E-state index < -0.39 is 5.60 Å². The summed E-state index contributed by atoms with van der Waals surface area (Å²) in [6, 6.07) is 7.53. The molecule has 2 saturated carbocycles. The van der Waals surface area contributed by atoms with Gasteiger partial charge in [-0.15, -0.1) is 0 Å². The van der Waals surface area contributed by atoms with Gasteiger partial charge in [-0.2, -0.15) is 0 Å². The van der Waals surface area contributed by atoms with E-state index in [9.17, 15) is 10.2 Å². The lowest BCUT2D eigenvalue weighted by Crippen LogP contribution is -2.50. The Balaban J connectivity index is 1.59. The minimum absolute atomic E-state index is 0.0712. The van der Waals surface area contributed by atoms with Gasteiger partial charge >= 0.3 is 0 Å². The van der Waals surface area contributed by atoms with Gasteiger partial charge in [-0.3, -0.25) is 0 Å². The van der Waals surface area contributed by atoms with Gasteiger partial charge in [-0.05, 0) is 75.7 Å². The molecule has 3 N–H and O–H groups in total. The Hall–Kier alpha value is -1.14. The highest BCUT2D eigenvalue weighted by Crippen LogP contribution is 2.60. The maximum atomic E-state index is 11.5. The monoisotopic (exact) mass is 362 g/mol. The van der Waals surface area contributed by atoms with E-state index >= 15 is 0 Å². The van der Waals surface area contributed by atoms with Crippen LogP contribution in [0.3, 0.4) is 0 Å². The van der Waals surface area contributed by atoms with Crippen molar-refractivity contribution >= 4 is 0 Å². The summed E-state index contributed by atoms with van der Waals surface area (Å²) in [5.41, 5.74) is 3.59. The van der Waals surface area contributed by atoms with Crippen molar-refractivity contribution in [2.75, 3.05) is 33.8 Å². The number of aliphatic hydroxyl groups is 1. The molecule has 146 valence electrons. The van der Waals surface area contributed by atoms with E-state index in [0.717, 1.165) is 50.8 Å². The highest BCUT2D eigenvalue weighted by atomic mass is 16.6. The van der Waals surface area contributed by atoms with Crippen LogP contribution < -0.4 is 5.48 Å². The van der Waals surface area contributed by atoms with Gasteiger partial charge in [0.05, 0.1) is 12.2 Å². The van der Waals surface area contributed by atoms with Crippen LogP contribution in [0.4, 0.5) is 0 Å². The first-order valence-corrected chi connectivity index (χ1v) is 9.85. The van der Waals surface area contributed by atoms with Crippen LogP contribution in [0.15, 0.2) is 24.3 Å². The van der Waals surface area contributed by atoms with Crippen molar-refractivity contribution in [3.63, 3.8) is 0 Å². The highest BCUT2D eigenvalue weighted by Gasteiger charge is 2.58. The molecule has 2 aliphatic rings. The molecular formula is C21H34N2O3. The Morgan fingerprint density at radius 1 is 1.27 bits per heavy atom. The molecule has 2 aliphatic carbocycles. The molecule has 0 aliphatic heterocycles. The third-order valence-corrected chi connectivity index (χ3v) is 6.88. The van der Waals surface area contributed by atoms with Gasteiger partial charge in [0.25, 0.3) is 0 Å². The fraction of sp³-hybridized carbons (Fsp3) is 0.714. The van der Waals surface area contributed by atoms with E-state index in [4.69, 9.17) is 4.84 Å². The Labute approximate surface area is 157 Å². The lowest BCUT2D eigenvalue weighted by molar-refractivity contribution is -0.109. The number of fused-ring (bicyclic) bond motifs is 1. The summed E-state index contributed by atoms with van der Waals surface area (Å²) < 4.78 is 0. The first-order valence-electron chi connectivity index (χ1n) is 9.85. The van der Waals surface area contributed by atoms with Crippen molar-refractivity contribution in [2.45, 2.75) is 50.5 Å². The molecule has 0 bridgehead atoms. The van der Waals surface area contributed by atoms with Gasteiger partial charge < -0.3 is 20.0 Å². The molecule has 0 heterocycles. The third kappa shape index (κ3) is 3.91. The molecule has 0 spiro atoms. The third-order valence-electron chi connectivity index (χ3n) is 6.88. The Kier molecular flexibility index (Phi) is 5.92. The molecule has 0 amide bonds. The minimum atomic E-state index is -0.628. The molecule has 3 rings (SSSR count). The molecule has 1 aromatic rings. The van der Waals surface area contributed by atoms with E-state index in [0.29, 0.717) is 24.2 Å². The fourth-order valence-corrected chi connectivity index (χ4v) is 5.00. The Bertz CT molecular complexity index is 609. The molecule has 4 atom stereocenters. The number of phenols is 1. The SMILES string of the molecule is CN(C)CCONC[C@H]1CC[C@]2(O)C[C@@H](c3cccc(O)c3)CC[C@]12C. The second kappa shape index (κ2) is 7.85. The topological polar surface area (TPSA) is 65.0 Å². The summed E-state index contributed by atoms with van der Waals surface area (Å²) in [5.74, 6) is 1.06. The first-order chi connectivity index (χ1) is 12.3. The molecule has 5 heteroatoms. The lowest BCUT2D eigenvalue weighted by atomic mass is 9.59. The predicted molar refractivity (Wildman–Crippen MR) is 103 cm³/mol. The normalized spacial score (nSPS) is 34.2. The van der Waals surface area contributed by atoms with E-state index in [1.165, 1.54) is 0 Å². The summed E-state index contributed by atoms with van der Waals surface area (Å²) >= 11 is 0. The van der Waals surface area contributed by atoms with E-state index in [2.05, 4.69) is 23.4 Å². The van der Waals surface area contributed by atoms with Crippen molar-refractivity contribution in [3.8, 4) is 5.75 Å². The second-order valence-electron chi connectivity index (χ2n) is 8.72. The average Bonchev–Trinajstić information content (AvgIpc) is 2.85. The summed E-state index contributed by atoms with van der Waals surface area (Å²) in [6.07, 6.45) is 4.73. The number of phenolic OH excluding ortho intramolecular Hbond substituents is 1. The smallest absolute Gasteiger partial charge is 0.115 e. The van der Waals surface area contributed by atoms with Gasteiger partial charge in [0, 0.05) is 18.5 Å². The van der Waals surface area contributed by atoms with Crippen molar-refractivity contribution in [1.29, 1.82) is 0 Å². The molecule has 0 radical (unpaired) electrons. The van der Waals surface area contributed by atoms with Crippen LogP contribution in [0.5, 0.6) is 5.75 Å². The van der Waals surface area contributed by atoms with Crippen LogP contribution in [0, 0.1) is 11.3 Å². The van der Waals surface area contributed by atoms with Crippen molar-refractivity contribution in [1.82, 2.24) is 10.4 Å². The molecule has 5 nitrogen and oxygen atoms in total. The fourth-order valence-electron chi connectivity index (χ4n) is 5.00. The van der Waals surface area contributed by atoms with Crippen LogP contribution in [0.25, 0.3) is 0 Å². The number of hydrogen-bond donors (Lipinski definition) is 3. The molecule has 0 saturated heterocycles. The van der Waals surface area contributed by atoms with E-state index in [-0.39, 0.29) is 5.41 Å². The van der Waals surface area contributed by atoms with Crippen LogP contribution in [0.1, 0.15) is 50.5 Å². The van der Waals surface area contributed by atoms with Crippen molar-refractivity contribution < 1.29 is 15.1 Å². The Morgan fingerprint density at radius 3 is 2.81 bits per heavy atom. The second-order valence-corrected chi connectivity index (χ2v) is 8.72. The van der Waals surface area contributed by atoms with Crippen molar-refractivity contribution in [3.05, 3.63) is 29.8 Å². The zero-order valence-electron chi connectivity index (χ0n) is 16.4. The number of benzene rings is 1. The quantitative estimate of drug-likeness (QED) is 0.514. The number of rotatable bonds is 7. The number of hydroxylamine groups is 1. The van der Waals surface area contributed by atoms with E-state index in [1.807, 2.05) is 26.2 Å². The standard InChI is InChI=1S/C21H34N2O3/c1-20-9-7-17(16-5-4-6-19(24)13-16)14-21(20,25)10-8-18(20)15-22-26-12-11-23(2)3/h4-6,13,17-18,22,24-25H,7-12,14-15H2,1-3H3/t17-,18+,20+,21-/m0/s1. The van der Waals surface area contributed by atoms with Gasteiger partial charge in [0.1, 0.15) is 5.75 Å². The maximum absolute atomic E-state index is 11.5. The first kappa shape index (κ1) is 19.6. The van der Waals surface area contributed by atoms with Crippen LogP contribution >= 0.6 is 0 Å². The van der Waals surface area contributed by atoms with Crippen LogP contribution in [0.2, 0.25) is 0 Å². The molecule has 26 heavy (non-hydrogen) atoms. The number of nitrogens with zero attached hydrogens (tertiary/aromatic N) is 1. The van der Waals surface area contributed by atoms with Gasteiger partial charge in [0.2, 0.25) is 0 Å². The number of nitrogens with one attached hydrogen (secondary N) is 1. The number of likely N-dealkylation sites (N-methyl/N-ethyl adjacent to an activating group) is 1. The largest absolute Gasteiger partial charge is 0.508 e. The van der Waals surface area contributed by atoms with Gasteiger partial charge in [0.15, 0.2) is 0 Å². The molecule has 2 fully saturated rings. The zero-order chi connectivity index (χ0) is 18.8. The summed E-state index contributed by atoms with van der Waals surface area (Å²) in [6.45, 7) is 4.61. The molecular weight excluding hydrogens is 328 g/mol. The van der Waals surface area contributed by atoms with Gasteiger partial charge in [-0.1, -0.05) is 19.1 Å². The molecule has 1 aromatic carbocycles. The minimum Gasteiger partial charge on any atom is -0.508 e. The summed E-state index contributed by atoms with van der Waals surface area (Å²) in [5, 5.41) is 21.3. The predicted octanol–water partition coefficient (Wildman–Crippen LogP) is 2.89. The lowest BCUT2D eigenvalue weighted by Gasteiger charge is -2.49. The summed E-state index contributed by atoms with van der Waals surface area (Å²) in [4.78, 5) is 7.66. The number of hydrogen-bond acceptors (Lipinski definition) is 5. The molecule has 0 aromatic heterocycles. The Morgan fingerprint density at radius 2 is 2.08 bits per heavy atom. The van der Waals surface area contributed by atoms with Crippen LogP contribution in [-0.2, 0) is 4.84 Å². The highest BCUT2D eigenvalue weighted by molar-refractivity contribution is 5.31. The molecule has 0 unspecified atom stereocenters. The van der Waals surface area contributed by atoms with Gasteiger partial charge in [-0.25, -0.2) is 5.48 Å². The van der Waals surface area contributed by atoms with E-state index in [1.54, 1.807) is 6.07 Å². The number of aromatic hydroxyl groups is 1. The summed E-state index contributed by atoms with van der Waals surface area (Å²) in [7, 11) is 4.07.